The second-order valence-electron chi connectivity index (χ2n) is 10.3. The zero-order valence-corrected chi connectivity index (χ0v) is 24.9. The third kappa shape index (κ3) is 6.03. The molecule has 1 aliphatic rings. The summed E-state index contributed by atoms with van der Waals surface area (Å²) >= 11 is 0. The van der Waals surface area contributed by atoms with Crippen molar-refractivity contribution in [1.29, 1.82) is 0 Å². The lowest BCUT2D eigenvalue weighted by molar-refractivity contribution is 0.0784. The number of nitrogens with zero attached hydrogens (tertiary/aromatic N) is 3. The van der Waals surface area contributed by atoms with Crippen LogP contribution in [0.5, 0.6) is 5.75 Å². The number of hydrogen-bond donors (Lipinski definition) is 1. The van der Waals surface area contributed by atoms with E-state index in [-0.39, 0.29) is 17.3 Å². The van der Waals surface area contributed by atoms with Gasteiger partial charge in [-0.05, 0) is 60.9 Å². The van der Waals surface area contributed by atoms with Crippen LogP contribution in [0, 0.1) is 13.8 Å². The van der Waals surface area contributed by atoms with E-state index in [9.17, 15) is 13.2 Å². The predicted molar refractivity (Wildman–Crippen MR) is 163 cm³/mol. The summed E-state index contributed by atoms with van der Waals surface area (Å²) in [5.74, 6) is 1.59. The monoisotopic (exact) mass is 586 g/mol. The molecule has 3 aromatic carbocycles. The van der Waals surface area contributed by atoms with E-state index in [1.54, 1.807) is 75.4 Å². The van der Waals surface area contributed by atoms with Gasteiger partial charge in [0.25, 0.3) is 15.9 Å². The van der Waals surface area contributed by atoms with E-state index >= 15 is 0 Å². The van der Waals surface area contributed by atoms with Crippen LogP contribution >= 0.6 is 0 Å². The first-order valence-corrected chi connectivity index (χ1v) is 15.0. The normalized spacial score (nSPS) is 12.9. The molecule has 218 valence electrons. The molecule has 0 unspecified atom stereocenters. The Kier molecular flexibility index (Phi) is 8.35. The number of hydrogen-bond acceptors (Lipinski definition) is 7. The largest absolute Gasteiger partial charge is 0.497 e. The molecule has 1 N–H and O–H groups in total. The van der Waals surface area contributed by atoms with Crippen LogP contribution < -0.4 is 14.4 Å². The first-order valence-electron chi connectivity index (χ1n) is 13.6. The van der Waals surface area contributed by atoms with Gasteiger partial charge in [-0.25, -0.2) is 8.42 Å². The molecule has 1 aromatic heterocycles. The number of aryl methyl sites for hydroxylation is 2. The summed E-state index contributed by atoms with van der Waals surface area (Å²) in [6.07, 6.45) is 1.38. The molecule has 0 spiro atoms. The van der Waals surface area contributed by atoms with Crippen molar-refractivity contribution in [3.05, 3.63) is 113 Å². The number of carbonyl (C=O) groups is 1. The maximum absolute atomic E-state index is 14.1. The second kappa shape index (κ2) is 12.1. The highest BCUT2D eigenvalue weighted by molar-refractivity contribution is 7.92. The van der Waals surface area contributed by atoms with E-state index in [0.29, 0.717) is 40.4 Å². The lowest BCUT2D eigenvalue weighted by atomic mass is 10.1. The highest BCUT2D eigenvalue weighted by atomic mass is 32.2. The molecule has 0 aliphatic carbocycles. The molecule has 4 aromatic rings. The number of aliphatic imine (C=N–C) groups is 1. The number of amidine groups is 1. The molecular weight excluding hydrogens is 552 g/mol. The molecule has 0 radical (unpaired) electrons. The maximum Gasteiger partial charge on any atom is 0.265 e. The fourth-order valence-electron chi connectivity index (χ4n) is 5.10. The van der Waals surface area contributed by atoms with Gasteiger partial charge in [-0.1, -0.05) is 42.5 Å². The van der Waals surface area contributed by atoms with Crippen molar-refractivity contribution in [3.8, 4) is 5.75 Å². The number of ether oxygens (including phenoxy) is 1. The third-order valence-corrected chi connectivity index (χ3v) is 9.21. The molecule has 0 bridgehead atoms. The van der Waals surface area contributed by atoms with Gasteiger partial charge in [0.2, 0.25) is 0 Å². The van der Waals surface area contributed by atoms with Crippen LogP contribution in [0.1, 0.15) is 38.4 Å². The van der Waals surface area contributed by atoms with Crippen molar-refractivity contribution in [2.45, 2.75) is 31.8 Å². The summed E-state index contributed by atoms with van der Waals surface area (Å²) in [4.78, 5) is 19.5. The van der Waals surface area contributed by atoms with Gasteiger partial charge in [0.1, 0.15) is 23.6 Å². The van der Waals surface area contributed by atoms with Gasteiger partial charge in [0, 0.05) is 25.7 Å². The van der Waals surface area contributed by atoms with Crippen LogP contribution in [-0.4, -0.2) is 52.3 Å². The van der Waals surface area contributed by atoms with Gasteiger partial charge in [0.05, 0.1) is 36.3 Å². The van der Waals surface area contributed by atoms with Crippen molar-refractivity contribution in [2.75, 3.05) is 31.6 Å². The molecule has 5 rings (SSSR count). The highest BCUT2D eigenvalue weighted by Crippen LogP contribution is 2.32. The number of furan rings is 1. The fraction of sp³-hybridized carbons (Fsp3) is 0.250. The lowest BCUT2D eigenvalue weighted by Gasteiger charge is -2.25. The minimum atomic E-state index is -4.01. The molecule has 2 heterocycles. The summed E-state index contributed by atoms with van der Waals surface area (Å²) in [5, 5.41) is 3.26. The van der Waals surface area contributed by atoms with Gasteiger partial charge in [0.15, 0.2) is 0 Å². The Bertz CT molecular complexity index is 1690. The van der Waals surface area contributed by atoms with Gasteiger partial charge in [-0.3, -0.25) is 14.1 Å². The Balaban J connectivity index is 1.36. The fourth-order valence-corrected chi connectivity index (χ4v) is 6.95. The summed E-state index contributed by atoms with van der Waals surface area (Å²) in [6, 6.07) is 21.8. The average molecular weight is 587 g/mol. The molecular formula is C32H34N4O5S. The minimum Gasteiger partial charge on any atom is -0.497 e. The Hall–Kier alpha value is -4.57. The van der Waals surface area contributed by atoms with E-state index in [2.05, 4.69) is 10.3 Å². The van der Waals surface area contributed by atoms with Crippen molar-refractivity contribution in [1.82, 2.24) is 10.2 Å². The minimum absolute atomic E-state index is 0.0896. The maximum atomic E-state index is 14.1. The molecule has 9 nitrogen and oxygen atoms in total. The number of sulfonamides is 1. The van der Waals surface area contributed by atoms with E-state index in [0.717, 1.165) is 30.1 Å². The van der Waals surface area contributed by atoms with Gasteiger partial charge in [-0.2, -0.15) is 0 Å². The second-order valence-corrected chi connectivity index (χ2v) is 12.1. The summed E-state index contributed by atoms with van der Waals surface area (Å²) in [6.45, 7) is 5.43. The van der Waals surface area contributed by atoms with E-state index in [1.165, 1.54) is 10.6 Å². The number of methoxy groups -OCH3 is 1. The van der Waals surface area contributed by atoms with E-state index < -0.39 is 10.0 Å². The van der Waals surface area contributed by atoms with Crippen LogP contribution in [0.15, 0.2) is 93.4 Å². The van der Waals surface area contributed by atoms with Crippen molar-refractivity contribution >= 4 is 27.5 Å². The molecule has 0 saturated heterocycles. The molecule has 0 fully saturated rings. The number of para-hydroxylation sites is 1. The van der Waals surface area contributed by atoms with Crippen molar-refractivity contribution in [3.63, 3.8) is 0 Å². The summed E-state index contributed by atoms with van der Waals surface area (Å²) in [5.41, 5.74) is 3.97. The lowest BCUT2D eigenvalue weighted by Crippen LogP contribution is -2.31. The molecule has 1 amide bonds. The molecule has 42 heavy (non-hydrogen) atoms. The Morgan fingerprint density at radius 2 is 1.69 bits per heavy atom. The van der Waals surface area contributed by atoms with Crippen LogP contribution in [0.4, 0.5) is 5.69 Å². The van der Waals surface area contributed by atoms with Crippen LogP contribution in [0.3, 0.4) is 0 Å². The number of rotatable bonds is 10. The quantitative estimate of drug-likeness (QED) is 0.283. The van der Waals surface area contributed by atoms with Crippen LogP contribution in [-0.2, 0) is 23.1 Å². The summed E-state index contributed by atoms with van der Waals surface area (Å²) in [7, 11) is -0.735. The van der Waals surface area contributed by atoms with Gasteiger partial charge >= 0.3 is 0 Å². The first-order chi connectivity index (χ1) is 20.2. The predicted octanol–water partition coefficient (Wildman–Crippen LogP) is 4.92. The molecule has 1 aliphatic heterocycles. The third-order valence-electron chi connectivity index (χ3n) is 7.13. The number of nitrogens with one attached hydrogen (secondary N) is 1. The van der Waals surface area contributed by atoms with Crippen LogP contribution in [0.25, 0.3) is 0 Å². The average Bonchev–Trinajstić information content (AvgIpc) is 3.69. The highest BCUT2D eigenvalue weighted by Gasteiger charge is 2.30. The van der Waals surface area contributed by atoms with E-state index in [4.69, 9.17) is 9.15 Å². The number of benzene rings is 3. The van der Waals surface area contributed by atoms with E-state index in [1.807, 2.05) is 30.3 Å². The number of amides is 1. The molecule has 0 saturated carbocycles. The standard InChI is InChI=1S/C32H34N4O5S/c1-22-16-28(40-4)17-23(2)30(22)42(38,39)36(27-8-6-5-7-9-27)20-29-18-26(21-41-29)32(37)35(3)19-24-10-12-25(13-11-24)31-33-14-15-34-31/h5-13,16-18,21H,14-15,19-20H2,1-4H3,(H,33,34). The van der Waals surface area contributed by atoms with Gasteiger partial charge in [-0.15, -0.1) is 0 Å². The van der Waals surface area contributed by atoms with Crippen LogP contribution in [0.2, 0.25) is 0 Å². The Labute approximate surface area is 246 Å². The smallest absolute Gasteiger partial charge is 0.265 e. The zero-order valence-electron chi connectivity index (χ0n) is 24.1. The number of anilines is 1. The molecule has 0 atom stereocenters. The van der Waals surface area contributed by atoms with Crippen molar-refractivity contribution in [2.24, 2.45) is 4.99 Å². The molecule has 10 heteroatoms. The van der Waals surface area contributed by atoms with Gasteiger partial charge < -0.3 is 19.4 Å². The first kappa shape index (κ1) is 28.9. The Morgan fingerprint density at radius 3 is 2.31 bits per heavy atom. The van der Waals surface area contributed by atoms with Crippen molar-refractivity contribution < 1.29 is 22.4 Å². The Morgan fingerprint density at radius 1 is 1.00 bits per heavy atom. The number of carbonyl (C=O) groups excluding carboxylic acids is 1. The summed E-state index contributed by atoms with van der Waals surface area (Å²) < 4.78 is 40.6. The SMILES string of the molecule is COc1cc(C)c(S(=O)(=O)N(Cc2cc(C(=O)N(C)Cc3ccc(C4=NCCN4)cc3)co2)c2ccccc2)c(C)c1. The zero-order chi connectivity index (χ0) is 29.9. The topological polar surface area (TPSA) is 104 Å².